The number of aryl methyl sites for hydroxylation is 3. The van der Waals surface area contributed by atoms with E-state index in [0.29, 0.717) is 5.16 Å². The summed E-state index contributed by atoms with van der Waals surface area (Å²) in [5.74, 6) is 1.79. The smallest absolute Gasteiger partial charge is 0.234 e. The molecule has 0 saturated carbocycles. The first-order valence-electron chi connectivity index (χ1n) is 10.7. The molecule has 0 bridgehead atoms. The van der Waals surface area contributed by atoms with Crippen LogP contribution < -0.4 is 10.1 Å². The van der Waals surface area contributed by atoms with Crippen molar-refractivity contribution in [2.45, 2.75) is 24.9 Å². The number of methoxy groups -OCH3 is 1. The van der Waals surface area contributed by atoms with Crippen LogP contribution in [0, 0.1) is 6.92 Å². The van der Waals surface area contributed by atoms with Gasteiger partial charge in [-0.25, -0.2) is 0 Å². The van der Waals surface area contributed by atoms with Crippen molar-refractivity contribution in [2.75, 3.05) is 18.2 Å². The second kappa shape index (κ2) is 10.8. The van der Waals surface area contributed by atoms with Gasteiger partial charge in [0, 0.05) is 17.8 Å². The van der Waals surface area contributed by atoms with Crippen LogP contribution in [0.25, 0.3) is 5.69 Å². The number of anilines is 1. The van der Waals surface area contributed by atoms with Crippen molar-refractivity contribution < 1.29 is 9.53 Å². The second-order valence-corrected chi connectivity index (χ2v) is 8.57. The fourth-order valence-electron chi connectivity index (χ4n) is 3.50. The lowest BCUT2D eigenvalue weighted by molar-refractivity contribution is -0.113. The van der Waals surface area contributed by atoms with Crippen molar-refractivity contribution in [1.29, 1.82) is 0 Å². The molecule has 0 saturated heterocycles. The lowest BCUT2D eigenvalue weighted by atomic mass is 10.1. The summed E-state index contributed by atoms with van der Waals surface area (Å²) in [6.45, 7) is 2.00. The molecule has 0 spiro atoms. The molecule has 0 unspecified atom stereocenters. The van der Waals surface area contributed by atoms with E-state index in [2.05, 4.69) is 27.6 Å². The molecule has 33 heavy (non-hydrogen) atoms. The number of nitrogens with one attached hydrogen (secondary N) is 1. The summed E-state index contributed by atoms with van der Waals surface area (Å²) in [5.41, 5.74) is 4.07. The first kappa shape index (κ1) is 22.6. The zero-order valence-electron chi connectivity index (χ0n) is 18.7. The minimum atomic E-state index is -0.0827. The van der Waals surface area contributed by atoms with E-state index in [9.17, 15) is 4.79 Å². The number of rotatable bonds is 9. The number of hydrogen-bond acceptors (Lipinski definition) is 5. The van der Waals surface area contributed by atoms with Gasteiger partial charge in [-0.2, -0.15) is 0 Å². The van der Waals surface area contributed by atoms with Gasteiger partial charge in [-0.05, 0) is 60.9 Å². The molecule has 0 atom stereocenters. The predicted octanol–water partition coefficient (Wildman–Crippen LogP) is 5.10. The molecule has 0 radical (unpaired) electrons. The molecule has 4 rings (SSSR count). The van der Waals surface area contributed by atoms with Crippen molar-refractivity contribution in [1.82, 2.24) is 14.8 Å². The highest BCUT2D eigenvalue weighted by molar-refractivity contribution is 7.99. The average molecular weight is 459 g/mol. The second-order valence-electron chi connectivity index (χ2n) is 7.62. The Hall–Kier alpha value is -3.58. The Morgan fingerprint density at radius 3 is 2.48 bits per heavy atom. The summed E-state index contributed by atoms with van der Waals surface area (Å²) in [6, 6.07) is 25.9. The van der Waals surface area contributed by atoms with Crippen LogP contribution in [0.2, 0.25) is 0 Å². The third kappa shape index (κ3) is 6.02. The van der Waals surface area contributed by atoms with Gasteiger partial charge >= 0.3 is 0 Å². The molecular formula is C26H26N4O2S. The first-order chi connectivity index (χ1) is 16.1. The van der Waals surface area contributed by atoms with E-state index in [1.54, 1.807) is 7.11 Å². The zero-order chi connectivity index (χ0) is 23.0. The molecule has 1 aromatic heterocycles. The number of benzene rings is 3. The van der Waals surface area contributed by atoms with Crippen molar-refractivity contribution in [3.63, 3.8) is 0 Å². The predicted molar refractivity (Wildman–Crippen MR) is 132 cm³/mol. The van der Waals surface area contributed by atoms with Crippen molar-refractivity contribution >= 4 is 23.4 Å². The molecule has 1 amide bonds. The van der Waals surface area contributed by atoms with E-state index in [0.717, 1.165) is 41.4 Å². The van der Waals surface area contributed by atoms with Crippen LogP contribution in [0.5, 0.6) is 5.75 Å². The Balaban J connectivity index is 1.52. The van der Waals surface area contributed by atoms with Crippen LogP contribution in [0.3, 0.4) is 0 Å². The highest BCUT2D eigenvalue weighted by Crippen LogP contribution is 2.25. The SMILES string of the molecule is COc1ccc(-n2c(CCc3ccccc3)nnc2SCC(=O)Nc2cccc(C)c2)cc1. The summed E-state index contributed by atoms with van der Waals surface area (Å²) >= 11 is 1.37. The Bertz CT molecular complexity index is 1210. The number of carbonyl (C=O) groups is 1. The van der Waals surface area contributed by atoms with Gasteiger partial charge < -0.3 is 10.1 Å². The van der Waals surface area contributed by atoms with Gasteiger partial charge in [0.1, 0.15) is 11.6 Å². The molecule has 6 nitrogen and oxygen atoms in total. The van der Waals surface area contributed by atoms with Gasteiger partial charge in [-0.15, -0.1) is 10.2 Å². The molecule has 7 heteroatoms. The van der Waals surface area contributed by atoms with Crippen molar-refractivity contribution in [3.05, 3.63) is 95.8 Å². The van der Waals surface area contributed by atoms with E-state index in [4.69, 9.17) is 4.74 Å². The fourth-order valence-corrected chi connectivity index (χ4v) is 4.27. The molecule has 1 heterocycles. The quantitative estimate of drug-likeness (QED) is 0.354. The van der Waals surface area contributed by atoms with Crippen molar-refractivity contribution in [2.24, 2.45) is 0 Å². The summed E-state index contributed by atoms with van der Waals surface area (Å²) in [4.78, 5) is 12.5. The largest absolute Gasteiger partial charge is 0.497 e. The van der Waals surface area contributed by atoms with Crippen LogP contribution in [0.15, 0.2) is 84.0 Å². The first-order valence-corrected chi connectivity index (χ1v) is 11.7. The number of aromatic nitrogens is 3. The lowest BCUT2D eigenvalue weighted by Crippen LogP contribution is -2.14. The average Bonchev–Trinajstić information content (AvgIpc) is 3.25. The number of hydrogen-bond donors (Lipinski definition) is 1. The van der Waals surface area contributed by atoms with Gasteiger partial charge in [-0.3, -0.25) is 9.36 Å². The maximum atomic E-state index is 12.5. The summed E-state index contributed by atoms with van der Waals surface area (Å²) in [7, 11) is 1.65. The molecular weight excluding hydrogens is 432 g/mol. The van der Waals surface area contributed by atoms with Crippen LogP contribution in [0.1, 0.15) is 17.0 Å². The van der Waals surface area contributed by atoms with Gasteiger partial charge in [0.25, 0.3) is 0 Å². The maximum Gasteiger partial charge on any atom is 0.234 e. The van der Waals surface area contributed by atoms with E-state index < -0.39 is 0 Å². The Morgan fingerprint density at radius 2 is 1.76 bits per heavy atom. The van der Waals surface area contributed by atoms with E-state index in [-0.39, 0.29) is 11.7 Å². The fraction of sp³-hybridized carbons (Fsp3) is 0.192. The van der Waals surface area contributed by atoms with E-state index in [1.165, 1.54) is 17.3 Å². The monoisotopic (exact) mass is 458 g/mol. The third-order valence-electron chi connectivity index (χ3n) is 5.15. The number of amides is 1. The van der Waals surface area contributed by atoms with Crippen LogP contribution >= 0.6 is 11.8 Å². The van der Waals surface area contributed by atoms with E-state index >= 15 is 0 Å². The number of carbonyl (C=O) groups excluding carboxylic acids is 1. The zero-order valence-corrected chi connectivity index (χ0v) is 19.5. The maximum absolute atomic E-state index is 12.5. The summed E-state index contributed by atoms with van der Waals surface area (Å²) in [6.07, 6.45) is 1.59. The standard InChI is InChI=1S/C26H26N4O2S/c1-19-7-6-10-21(17-19)27-25(31)18-33-26-29-28-24(16-11-20-8-4-3-5-9-20)30(26)22-12-14-23(32-2)15-13-22/h3-10,12-15,17H,11,16,18H2,1-2H3,(H,27,31). The summed E-state index contributed by atoms with van der Waals surface area (Å²) < 4.78 is 7.32. The number of nitrogens with zero attached hydrogens (tertiary/aromatic N) is 3. The van der Waals surface area contributed by atoms with Gasteiger partial charge in [-0.1, -0.05) is 54.2 Å². The minimum absolute atomic E-state index is 0.0827. The number of thioether (sulfide) groups is 1. The molecule has 4 aromatic rings. The summed E-state index contributed by atoms with van der Waals surface area (Å²) in [5, 5.41) is 12.5. The molecule has 0 fully saturated rings. The third-order valence-corrected chi connectivity index (χ3v) is 6.07. The van der Waals surface area contributed by atoms with Crippen molar-refractivity contribution in [3.8, 4) is 11.4 Å². The van der Waals surface area contributed by atoms with Gasteiger partial charge in [0.05, 0.1) is 12.9 Å². The highest BCUT2D eigenvalue weighted by Gasteiger charge is 2.16. The van der Waals surface area contributed by atoms with Gasteiger partial charge in [0.2, 0.25) is 5.91 Å². The Morgan fingerprint density at radius 1 is 0.970 bits per heavy atom. The van der Waals surface area contributed by atoms with Gasteiger partial charge in [0.15, 0.2) is 5.16 Å². The van der Waals surface area contributed by atoms with Crippen LogP contribution in [-0.4, -0.2) is 33.5 Å². The highest BCUT2D eigenvalue weighted by atomic mass is 32.2. The normalized spacial score (nSPS) is 10.7. The molecule has 0 aliphatic heterocycles. The Labute approximate surface area is 198 Å². The van der Waals surface area contributed by atoms with Crippen LogP contribution in [0.4, 0.5) is 5.69 Å². The molecule has 0 aliphatic carbocycles. The number of ether oxygens (including phenoxy) is 1. The van der Waals surface area contributed by atoms with Crippen LogP contribution in [-0.2, 0) is 17.6 Å². The lowest BCUT2D eigenvalue weighted by Gasteiger charge is -2.11. The minimum Gasteiger partial charge on any atom is -0.497 e. The Kier molecular flexibility index (Phi) is 7.42. The topological polar surface area (TPSA) is 69.0 Å². The molecule has 3 aromatic carbocycles. The molecule has 168 valence electrons. The molecule has 1 N–H and O–H groups in total. The van der Waals surface area contributed by atoms with E-state index in [1.807, 2.05) is 78.2 Å². The molecule has 0 aliphatic rings.